The molecule has 0 spiro atoms. The topological polar surface area (TPSA) is 29.5 Å². The van der Waals surface area contributed by atoms with Crippen LogP contribution in [0.5, 0.6) is 0 Å². The lowest BCUT2D eigenvalue weighted by molar-refractivity contribution is -0.169. The second-order valence-corrected chi connectivity index (χ2v) is 4.35. The number of fused-ring (bicyclic) bond motifs is 2. The summed E-state index contributed by atoms with van der Waals surface area (Å²) in [6, 6.07) is 7.36. The van der Waals surface area contributed by atoms with Crippen LogP contribution < -0.4 is 4.90 Å². The van der Waals surface area contributed by atoms with Gasteiger partial charge in [0.15, 0.2) is 0 Å². The van der Waals surface area contributed by atoms with Crippen LogP contribution in [0.15, 0.2) is 24.3 Å². The maximum atomic E-state index is 11.8. The lowest BCUT2D eigenvalue weighted by atomic mass is 9.97. The molecule has 4 rings (SSSR count). The Balaban J connectivity index is 1.91. The van der Waals surface area contributed by atoms with Crippen molar-refractivity contribution < 1.29 is 9.53 Å². The number of piperidine rings is 1. The molecule has 3 aliphatic rings. The zero-order valence-corrected chi connectivity index (χ0v) is 8.78. The Morgan fingerprint density at radius 3 is 2.93 bits per heavy atom. The molecule has 3 nitrogen and oxygen atoms in total. The molecule has 0 radical (unpaired) electrons. The molecule has 2 atom stereocenters. The van der Waals surface area contributed by atoms with Crippen LogP contribution in [-0.4, -0.2) is 24.7 Å². The minimum Gasteiger partial charge on any atom is -0.363 e. The van der Waals surface area contributed by atoms with Gasteiger partial charge in [-0.15, -0.1) is 0 Å². The highest BCUT2D eigenvalue weighted by Crippen LogP contribution is 2.32. The fraction of sp³-hybridized carbons (Fsp3) is 0.364. The van der Waals surface area contributed by atoms with Gasteiger partial charge in [0.1, 0.15) is 6.10 Å². The van der Waals surface area contributed by atoms with Gasteiger partial charge in [-0.25, -0.2) is 0 Å². The van der Waals surface area contributed by atoms with Crippen LogP contribution in [0.1, 0.15) is 6.42 Å². The summed E-state index contributed by atoms with van der Waals surface area (Å²) in [5.74, 6) is 0.0553. The third-order valence-electron chi connectivity index (χ3n) is 2.88. The standard InChI is InChI=1S/C11H10ClNO2/c12-7-2-1-3-8(4-7)13-6-9-5-10(15-9)11(13)14/h1-4,9-10H,5-6H2. The fourth-order valence-corrected chi connectivity index (χ4v) is 2.27. The predicted octanol–water partition coefficient (Wildman–Crippen LogP) is 1.84. The first kappa shape index (κ1) is 9.19. The molecule has 78 valence electrons. The highest BCUT2D eigenvalue weighted by atomic mass is 35.5. The van der Waals surface area contributed by atoms with Crippen LogP contribution >= 0.6 is 11.6 Å². The molecular weight excluding hydrogens is 214 g/mol. The van der Waals surface area contributed by atoms with Gasteiger partial charge < -0.3 is 9.64 Å². The Labute approximate surface area is 92.6 Å². The summed E-state index contributed by atoms with van der Waals surface area (Å²) in [4.78, 5) is 13.6. The molecular formula is C11H10ClNO2. The van der Waals surface area contributed by atoms with Crippen molar-refractivity contribution in [1.29, 1.82) is 0 Å². The Morgan fingerprint density at radius 1 is 1.47 bits per heavy atom. The Hall–Kier alpha value is -1.06. The molecule has 2 bridgehead atoms. The summed E-state index contributed by atoms with van der Waals surface area (Å²) in [6.45, 7) is 0.648. The molecule has 1 aromatic rings. The number of hydrogen-bond acceptors (Lipinski definition) is 2. The van der Waals surface area contributed by atoms with E-state index in [0.717, 1.165) is 12.1 Å². The second kappa shape index (κ2) is 3.22. The molecule has 3 saturated heterocycles. The van der Waals surface area contributed by atoms with Crippen LogP contribution in [0.2, 0.25) is 5.02 Å². The Kier molecular flexibility index (Phi) is 1.97. The van der Waals surface area contributed by atoms with E-state index in [1.807, 2.05) is 18.2 Å². The number of morpholine rings is 1. The highest BCUT2D eigenvalue weighted by Gasteiger charge is 2.45. The molecule has 3 fully saturated rings. The molecule has 3 heterocycles. The number of rotatable bonds is 1. The number of nitrogens with zero attached hydrogens (tertiary/aromatic N) is 1. The van der Waals surface area contributed by atoms with Crippen molar-refractivity contribution in [2.45, 2.75) is 18.6 Å². The number of halogens is 1. The number of hydrogen-bond donors (Lipinski definition) is 0. The van der Waals surface area contributed by atoms with E-state index in [1.165, 1.54) is 0 Å². The maximum Gasteiger partial charge on any atom is 0.256 e. The van der Waals surface area contributed by atoms with Crippen LogP contribution in [0.4, 0.5) is 5.69 Å². The van der Waals surface area contributed by atoms with Gasteiger partial charge in [-0.2, -0.15) is 0 Å². The maximum absolute atomic E-state index is 11.8. The van der Waals surface area contributed by atoms with Crippen molar-refractivity contribution >= 4 is 23.2 Å². The van der Waals surface area contributed by atoms with Crippen molar-refractivity contribution in [2.24, 2.45) is 0 Å². The van der Waals surface area contributed by atoms with Crippen molar-refractivity contribution in [3.63, 3.8) is 0 Å². The van der Waals surface area contributed by atoms with E-state index in [0.29, 0.717) is 11.6 Å². The minimum absolute atomic E-state index is 0.0553. The number of carbonyl (C=O) groups excluding carboxylic acids is 1. The van der Waals surface area contributed by atoms with E-state index in [9.17, 15) is 4.79 Å². The van der Waals surface area contributed by atoms with Crippen molar-refractivity contribution in [3.8, 4) is 0 Å². The fourth-order valence-electron chi connectivity index (χ4n) is 2.08. The third-order valence-corrected chi connectivity index (χ3v) is 3.12. The normalized spacial score (nSPS) is 28.9. The van der Waals surface area contributed by atoms with Gasteiger partial charge in [-0.3, -0.25) is 4.79 Å². The lowest BCUT2D eigenvalue weighted by Gasteiger charge is -2.45. The van der Waals surface area contributed by atoms with E-state index in [4.69, 9.17) is 16.3 Å². The third kappa shape index (κ3) is 1.43. The molecule has 0 N–H and O–H groups in total. The largest absolute Gasteiger partial charge is 0.363 e. The zero-order chi connectivity index (χ0) is 10.4. The van der Waals surface area contributed by atoms with Crippen LogP contribution in [0, 0.1) is 0 Å². The van der Waals surface area contributed by atoms with Crippen LogP contribution in [0.3, 0.4) is 0 Å². The van der Waals surface area contributed by atoms with E-state index in [-0.39, 0.29) is 18.1 Å². The van der Waals surface area contributed by atoms with Gasteiger partial charge in [0.05, 0.1) is 12.6 Å². The van der Waals surface area contributed by atoms with Gasteiger partial charge >= 0.3 is 0 Å². The number of carbonyl (C=O) groups is 1. The summed E-state index contributed by atoms with van der Waals surface area (Å²) in [5.41, 5.74) is 0.866. The van der Waals surface area contributed by atoms with Crippen molar-refractivity contribution in [1.82, 2.24) is 0 Å². The number of anilines is 1. The first-order valence-corrected chi connectivity index (χ1v) is 5.34. The molecule has 0 aliphatic carbocycles. The first-order valence-electron chi connectivity index (χ1n) is 4.96. The molecule has 4 heteroatoms. The number of ether oxygens (including phenoxy) is 1. The van der Waals surface area contributed by atoms with Crippen molar-refractivity contribution in [3.05, 3.63) is 29.3 Å². The lowest BCUT2D eigenvalue weighted by Crippen LogP contribution is -2.61. The summed E-state index contributed by atoms with van der Waals surface area (Å²) >= 11 is 5.89. The monoisotopic (exact) mass is 223 g/mol. The number of amides is 1. The molecule has 2 unspecified atom stereocenters. The van der Waals surface area contributed by atoms with Crippen molar-refractivity contribution in [2.75, 3.05) is 11.4 Å². The summed E-state index contributed by atoms with van der Waals surface area (Å²) in [6.07, 6.45) is 0.866. The average molecular weight is 224 g/mol. The summed E-state index contributed by atoms with van der Waals surface area (Å²) in [7, 11) is 0. The number of benzene rings is 1. The second-order valence-electron chi connectivity index (χ2n) is 3.91. The summed E-state index contributed by atoms with van der Waals surface area (Å²) in [5, 5.41) is 0.653. The van der Waals surface area contributed by atoms with E-state index < -0.39 is 0 Å². The Morgan fingerprint density at radius 2 is 2.27 bits per heavy atom. The van der Waals surface area contributed by atoms with E-state index >= 15 is 0 Å². The van der Waals surface area contributed by atoms with E-state index in [2.05, 4.69) is 0 Å². The molecule has 3 aliphatic heterocycles. The average Bonchev–Trinajstić information content (AvgIpc) is 2.16. The van der Waals surface area contributed by atoms with Gasteiger partial charge in [-0.1, -0.05) is 17.7 Å². The van der Waals surface area contributed by atoms with Gasteiger partial charge in [0.25, 0.3) is 5.91 Å². The van der Waals surface area contributed by atoms with Gasteiger partial charge in [0, 0.05) is 17.1 Å². The highest BCUT2D eigenvalue weighted by molar-refractivity contribution is 6.30. The quantitative estimate of drug-likeness (QED) is 0.727. The molecule has 0 aromatic heterocycles. The molecule has 15 heavy (non-hydrogen) atoms. The minimum atomic E-state index is -0.220. The first-order chi connectivity index (χ1) is 7.24. The van der Waals surface area contributed by atoms with E-state index in [1.54, 1.807) is 11.0 Å². The Bertz CT molecular complexity index is 415. The SMILES string of the molecule is O=C1C2CC(CN1c1cccc(Cl)c1)O2. The smallest absolute Gasteiger partial charge is 0.256 e. The molecule has 0 saturated carbocycles. The van der Waals surface area contributed by atoms with Gasteiger partial charge in [-0.05, 0) is 18.2 Å². The summed E-state index contributed by atoms with van der Waals surface area (Å²) < 4.78 is 5.35. The molecule has 1 aromatic carbocycles. The van der Waals surface area contributed by atoms with Crippen LogP contribution in [-0.2, 0) is 9.53 Å². The van der Waals surface area contributed by atoms with Crippen LogP contribution in [0.25, 0.3) is 0 Å². The zero-order valence-electron chi connectivity index (χ0n) is 8.02. The molecule has 1 amide bonds. The predicted molar refractivity (Wildman–Crippen MR) is 57.1 cm³/mol. The van der Waals surface area contributed by atoms with Gasteiger partial charge in [0.2, 0.25) is 0 Å².